The second-order valence-corrected chi connectivity index (χ2v) is 4.26. The van der Waals surface area contributed by atoms with Gasteiger partial charge in [-0.1, -0.05) is 0 Å². The summed E-state index contributed by atoms with van der Waals surface area (Å²) in [5.41, 5.74) is 0. The Morgan fingerprint density at radius 3 is 1.33 bits per heavy atom. The molecule has 7 heteroatoms. The Hall–Kier alpha value is -0.0231. The minimum absolute atomic E-state index is 0.379. The molecule has 0 heterocycles. The third kappa shape index (κ3) is 6.20. The lowest BCUT2D eigenvalue weighted by Crippen LogP contribution is -2.49. The fraction of sp³-hybridized carbons (Fsp3) is 1.00. The monoisotopic (exact) mass is 240 g/mol. The zero-order valence-electron chi connectivity index (χ0n) is 9.78. The number of hydrogen-bond donors (Lipinski definition) is 0. The third-order valence-corrected chi connectivity index (χ3v) is 3.13. The molecule has 0 saturated carbocycles. The molecule has 0 aromatic carbocycles. The Kier molecular flexibility index (Phi) is 9.21. The van der Waals surface area contributed by atoms with Crippen LogP contribution in [0.3, 0.4) is 0 Å². The summed E-state index contributed by atoms with van der Waals surface area (Å²) in [6.07, 6.45) is 0. The molecule has 92 valence electrons. The van der Waals surface area contributed by atoms with E-state index >= 15 is 0 Å². The quantitative estimate of drug-likeness (QED) is 0.327. The molecule has 0 aliphatic heterocycles. The van der Waals surface area contributed by atoms with Crippen molar-refractivity contribution in [1.82, 2.24) is 0 Å². The van der Waals surface area contributed by atoms with E-state index in [4.69, 9.17) is 27.8 Å². The summed E-state index contributed by atoms with van der Waals surface area (Å²) in [6.45, 7) is 8.75. The van der Waals surface area contributed by atoms with Crippen molar-refractivity contribution in [3.63, 3.8) is 0 Å². The van der Waals surface area contributed by atoms with Crippen LogP contribution < -0.4 is 0 Å². The highest BCUT2D eigenvalue weighted by atomic mass is 28.4. The van der Waals surface area contributed by atoms with E-state index in [-0.39, 0.29) is 0 Å². The molecule has 0 N–H and O–H groups in total. The Bertz CT molecular complexity index is 129. The largest absolute Gasteiger partial charge is 0.736 e. The first-order valence-corrected chi connectivity index (χ1v) is 6.77. The van der Waals surface area contributed by atoms with Gasteiger partial charge in [-0.2, -0.15) is 9.15 Å². The minimum atomic E-state index is -3.28. The fourth-order valence-electron chi connectivity index (χ4n) is 0.768. The lowest BCUT2D eigenvalue weighted by molar-refractivity contribution is -0.336. The average Bonchev–Trinajstić information content (AvgIpc) is 2.24. The highest BCUT2D eigenvalue weighted by Crippen LogP contribution is 2.12. The van der Waals surface area contributed by atoms with Crippen molar-refractivity contribution in [2.45, 2.75) is 27.7 Å². The van der Waals surface area contributed by atoms with Crippen LogP contribution in [-0.4, -0.2) is 35.5 Å². The van der Waals surface area contributed by atoms with Crippen LogP contribution in [0.1, 0.15) is 27.7 Å². The van der Waals surface area contributed by atoms with Gasteiger partial charge < -0.3 is 8.85 Å². The highest BCUT2D eigenvalue weighted by molar-refractivity contribution is 6.52. The molecule has 0 aliphatic rings. The van der Waals surface area contributed by atoms with Crippen LogP contribution in [0.4, 0.5) is 0 Å². The van der Waals surface area contributed by atoms with Gasteiger partial charge in [-0.3, -0.25) is 0 Å². The molecule has 0 aromatic heterocycles. The molecular formula is C8H20O6Si. The summed E-state index contributed by atoms with van der Waals surface area (Å²) >= 11 is 0. The van der Waals surface area contributed by atoms with Crippen LogP contribution in [0, 0.1) is 0 Å². The first-order valence-electron chi connectivity index (χ1n) is 5.13. The Labute approximate surface area is 91.7 Å². The predicted molar refractivity (Wildman–Crippen MR) is 54.4 cm³/mol. The maximum atomic E-state index is 5.30. The molecule has 0 fully saturated rings. The van der Waals surface area contributed by atoms with Gasteiger partial charge in [-0.05, 0) is 27.7 Å². The van der Waals surface area contributed by atoms with Gasteiger partial charge in [-0.25, -0.2) is 9.78 Å². The van der Waals surface area contributed by atoms with E-state index in [9.17, 15) is 0 Å². The molecule has 0 atom stereocenters. The van der Waals surface area contributed by atoms with Gasteiger partial charge >= 0.3 is 9.05 Å². The van der Waals surface area contributed by atoms with Crippen molar-refractivity contribution in [2.75, 3.05) is 26.4 Å². The van der Waals surface area contributed by atoms with Crippen molar-refractivity contribution in [3.05, 3.63) is 0 Å². The van der Waals surface area contributed by atoms with Crippen LogP contribution in [0.15, 0.2) is 0 Å². The lowest BCUT2D eigenvalue weighted by Gasteiger charge is -2.23. The number of rotatable bonds is 10. The van der Waals surface area contributed by atoms with Gasteiger partial charge in [0.25, 0.3) is 0 Å². The summed E-state index contributed by atoms with van der Waals surface area (Å²) in [5.74, 6) is 0. The molecule has 6 nitrogen and oxygen atoms in total. The molecule has 0 saturated heterocycles. The van der Waals surface area contributed by atoms with Gasteiger partial charge in [0.15, 0.2) is 0 Å². The zero-order chi connectivity index (χ0) is 11.6. The standard InChI is InChI=1S/C8H20O6Si/c1-5-9-13-15(11-7-3,12-8-4)14-10-6-2/h5-8H2,1-4H3. The minimum Gasteiger partial charge on any atom is -0.349 e. The van der Waals surface area contributed by atoms with Crippen molar-refractivity contribution in [1.29, 1.82) is 0 Å². The van der Waals surface area contributed by atoms with Crippen LogP contribution in [0.25, 0.3) is 0 Å². The van der Waals surface area contributed by atoms with Crippen molar-refractivity contribution in [3.8, 4) is 0 Å². The Morgan fingerprint density at radius 1 is 0.667 bits per heavy atom. The fourth-order valence-corrected chi connectivity index (χ4v) is 2.30. The van der Waals surface area contributed by atoms with Gasteiger partial charge in [0.1, 0.15) is 0 Å². The van der Waals surface area contributed by atoms with Gasteiger partial charge in [0.05, 0.1) is 13.2 Å². The molecule has 0 radical (unpaired) electrons. The van der Waals surface area contributed by atoms with E-state index in [0.717, 1.165) is 0 Å². The van der Waals surface area contributed by atoms with Crippen molar-refractivity contribution in [2.24, 2.45) is 0 Å². The molecular weight excluding hydrogens is 220 g/mol. The Balaban J connectivity index is 4.26. The number of hydrogen-bond acceptors (Lipinski definition) is 6. The third-order valence-electron chi connectivity index (χ3n) is 1.20. The summed E-state index contributed by atoms with van der Waals surface area (Å²) in [6, 6.07) is 0. The average molecular weight is 240 g/mol. The first-order chi connectivity index (χ1) is 7.24. The maximum absolute atomic E-state index is 5.30. The molecule has 15 heavy (non-hydrogen) atoms. The van der Waals surface area contributed by atoms with Crippen LogP contribution in [-0.2, 0) is 27.8 Å². The summed E-state index contributed by atoms with van der Waals surface area (Å²) < 4.78 is 20.6. The second kappa shape index (κ2) is 9.22. The van der Waals surface area contributed by atoms with Gasteiger partial charge in [0, 0.05) is 13.2 Å². The summed E-state index contributed by atoms with van der Waals surface area (Å²) in [4.78, 5) is 9.62. The molecule has 0 aromatic rings. The van der Waals surface area contributed by atoms with E-state index in [1.165, 1.54) is 0 Å². The van der Waals surface area contributed by atoms with E-state index in [1.54, 1.807) is 13.8 Å². The molecule has 0 amide bonds. The van der Waals surface area contributed by atoms with E-state index in [1.807, 2.05) is 13.8 Å². The highest BCUT2D eigenvalue weighted by Gasteiger charge is 2.49. The normalized spacial score (nSPS) is 12.0. The molecule has 0 unspecified atom stereocenters. The smallest absolute Gasteiger partial charge is 0.349 e. The molecule has 0 aliphatic carbocycles. The molecule has 0 rings (SSSR count). The van der Waals surface area contributed by atoms with Crippen LogP contribution in [0.2, 0.25) is 0 Å². The molecule has 0 bridgehead atoms. The van der Waals surface area contributed by atoms with Gasteiger partial charge in [-0.15, -0.1) is 0 Å². The van der Waals surface area contributed by atoms with Gasteiger partial charge in [0.2, 0.25) is 0 Å². The SMILES string of the molecule is CCOO[Si](OCC)(OCC)OOCC. The van der Waals surface area contributed by atoms with E-state index < -0.39 is 9.05 Å². The summed E-state index contributed by atoms with van der Waals surface area (Å²) in [7, 11) is -3.28. The molecule has 0 spiro atoms. The maximum Gasteiger partial charge on any atom is 0.736 e. The topological polar surface area (TPSA) is 55.4 Å². The van der Waals surface area contributed by atoms with Crippen molar-refractivity contribution >= 4 is 9.05 Å². The Morgan fingerprint density at radius 2 is 1.07 bits per heavy atom. The van der Waals surface area contributed by atoms with Crippen LogP contribution in [0.5, 0.6) is 0 Å². The van der Waals surface area contributed by atoms with E-state index in [2.05, 4.69) is 0 Å². The second-order valence-electron chi connectivity index (χ2n) is 2.35. The lowest BCUT2D eigenvalue weighted by atomic mass is 10.9. The first kappa shape index (κ1) is 15.0. The zero-order valence-corrected chi connectivity index (χ0v) is 10.8. The summed E-state index contributed by atoms with van der Waals surface area (Å²) in [5, 5.41) is 0. The van der Waals surface area contributed by atoms with Crippen molar-refractivity contribution < 1.29 is 27.8 Å². The predicted octanol–water partition coefficient (Wildman–Crippen LogP) is 1.43. The van der Waals surface area contributed by atoms with E-state index in [0.29, 0.717) is 26.4 Å². The van der Waals surface area contributed by atoms with Crippen LogP contribution >= 0.6 is 0 Å².